The number of nitro benzene ring substituents is 1. The Hall–Kier alpha value is -3.79. The Morgan fingerprint density at radius 3 is 2.50 bits per heavy atom. The summed E-state index contributed by atoms with van der Waals surface area (Å²) < 4.78 is 40.6. The molecule has 1 amide bonds. The lowest BCUT2D eigenvalue weighted by atomic mass is 10.0. The summed E-state index contributed by atoms with van der Waals surface area (Å²) in [6.45, 7) is 0.272. The molecule has 10 heteroatoms. The first-order valence-corrected chi connectivity index (χ1v) is 11.2. The van der Waals surface area contributed by atoms with Crippen LogP contribution in [0, 0.1) is 15.9 Å². The molecule has 0 radical (unpaired) electrons. The Balaban J connectivity index is 1.62. The van der Waals surface area contributed by atoms with Crippen LogP contribution in [-0.2, 0) is 16.4 Å². The first-order chi connectivity index (χ1) is 15.3. The second-order valence-corrected chi connectivity index (χ2v) is 9.07. The van der Waals surface area contributed by atoms with Gasteiger partial charge in [-0.15, -0.1) is 0 Å². The molecule has 0 spiro atoms. The Kier molecular flexibility index (Phi) is 5.62. The van der Waals surface area contributed by atoms with E-state index in [1.807, 2.05) is 0 Å². The van der Waals surface area contributed by atoms with Crippen LogP contribution in [0.3, 0.4) is 0 Å². The van der Waals surface area contributed by atoms with Gasteiger partial charge in [0, 0.05) is 18.3 Å². The average molecular weight is 455 g/mol. The van der Waals surface area contributed by atoms with Crippen molar-refractivity contribution in [1.29, 1.82) is 0 Å². The van der Waals surface area contributed by atoms with Gasteiger partial charge in [-0.1, -0.05) is 12.1 Å². The largest absolute Gasteiger partial charge is 0.322 e. The van der Waals surface area contributed by atoms with Crippen LogP contribution in [0.15, 0.2) is 71.6 Å². The number of fused-ring (bicyclic) bond motifs is 1. The van der Waals surface area contributed by atoms with Crippen molar-refractivity contribution in [2.24, 2.45) is 0 Å². The molecule has 8 nitrogen and oxygen atoms in total. The van der Waals surface area contributed by atoms with Gasteiger partial charge in [-0.3, -0.25) is 19.2 Å². The number of sulfonamides is 1. The topological polar surface area (TPSA) is 110 Å². The molecule has 0 saturated heterocycles. The number of halogens is 1. The molecule has 0 saturated carbocycles. The van der Waals surface area contributed by atoms with Crippen molar-refractivity contribution >= 4 is 33.0 Å². The van der Waals surface area contributed by atoms with Crippen LogP contribution in [0.5, 0.6) is 0 Å². The van der Waals surface area contributed by atoms with Crippen molar-refractivity contribution in [1.82, 2.24) is 0 Å². The molecular weight excluding hydrogens is 437 g/mol. The SMILES string of the molecule is O=C(Nc1ccc2c(c1)CCCN2S(=O)(=O)c1ccc(F)cc1)c1ccccc1[N+](=O)[O-]. The third kappa shape index (κ3) is 4.04. The molecule has 0 fully saturated rings. The van der Waals surface area contributed by atoms with E-state index in [0.29, 0.717) is 29.8 Å². The fraction of sp³-hybridized carbons (Fsp3) is 0.136. The summed E-state index contributed by atoms with van der Waals surface area (Å²) in [5.41, 5.74) is 1.20. The predicted molar refractivity (Wildman–Crippen MR) is 117 cm³/mol. The maximum Gasteiger partial charge on any atom is 0.282 e. The second kappa shape index (κ2) is 8.39. The van der Waals surface area contributed by atoms with E-state index in [2.05, 4.69) is 5.32 Å². The molecule has 3 aromatic carbocycles. The van der Waals surface area contributed by atoms with E-state index in [1.165, 1.54) is 40.7 Å². The monoisotopic (exact) mass is 455 g/mol. The van der Waals surface area contributed by atoms with Crippen LogP contribution in [0.1, 0.15) is 22.3 Å². The molecule has 4 rings (SSSR count). The Labute approximate surface area is 183 Å². The number of aryl methyl sites for hydroxylation is 1. The summed E-state index contributed by atoms with van der Waals surface area (Å²) in [7, 11) is -3.88. The van der Waals surface area contributed by atoms with Gasteiger partial charge in [-0.05, 0) is 66.9 Å². The Morgan fingerprint density at radius 1 is 1.06 bits per heavy atom. The van der Waals surface area contributed by atoms with Crippen LogP contribution in [0.4, 0.5) is 21.5 Å². The van der Waals surface area contributed by atoms with Crippen molar-refractivity contribution in [3.05, 3.63) is 93.8 Å². The van der Waals surface area contributed by atoms with E-state index in [4.69, 9.17) is 0 Å². The van der Waals surface area contributed by atoms with Gasteiger partial charge < -0.3 is 5.32 Å². The molecule has 0 atom stereocenters. The van der Waals surface area contributed by atoms with Crippen LogP contribution in [-0.4, -0.2) is 25.8 Å². The minimum Gasteiger partial charge on any atom is -0.322 e. The van der Waals surface area contributed by atoms with Gasteiger partial charge in [0.15, 0.2) is 0 Å². The normalized spacial score (nSPS) is 13.3. The third-order valence-electron chi connectivity index (χ3n) is 5.16. The van der Waals surface area contributed by atoms with Crippen LogP contribution in [0.2, 0.25) is 0 Å². The van der Waals surface area contributed by atoms with Crippen LogP contribution >= 0.6 is 0 Å². The zero-order valence-electron chi connectivity index (χ0n) is 16.7. The third-order valence-corrected chi connectivity index (χ3v) is 6.99. The van der Waals surface area contributed by atoms with Gasteiger partial charge in [0.25, 0.3) is 21.6 Å². The van der Waals surface area contributed by atoms with E-state index in [-0.39, 0.29) is 22.7 Å². The number of benzene rings is 3. The number of carbonyl (C=O) groups is 1. The summed E-state index contributed by atoms with van der Waals surface area (Å²) in [5.74, 6) is -1.16. The lowest BCUT2D eigenvalue weighted by Gasteiger charge is -2.31. The number of hydrogen-bond acceptors (Lipinski definition) is 5. The number of anilines is 2. The number of carbonyl (C=O) groups excluding carboxylic acids is 1. The molecule has 1 aliphatic rings. The maximum atomic E-state index is 13.2. The van der Waals surface area contributed by atoms with E-state index in [1.54, 1.807) is 18.2 Å². The zero-order chi connectivity index (χ0) is 22.9. The van der Waals surface area contributed by atoms with Crippen molar-refractivity contribution in [3.63, 3.8) is 0 Å². The highest BCUT2D eigenvalue weighted by Crippen LogP contribution is 2.34. The molecule has 3 aromatic rings. The van der Waals surface area contributed by atoms with Crippen molar-refractivity contribution in [2.75, 3.05) is 16.2 Å². The first kappa shape index (κ1) is 21.4. The lowest BCUT2D eigenvalue weighted by Crippen LogP contribution is -2.35. The van der Waals surface area contributed by atoms with Crippen molar-refractivity contribution in [2.45, 2.75) is 17.7 Å². The summed E-state index contributed by atoms with van der Waals surface area (Å²) >= 11 is 0. The number of nitro groups is 1. The average Bonchev–Trinajstić information content (AvgIpc) is 2.78. The second-order valence-electron chi connectivity index (χ2n) is 7.21. The number of para-hydroxylation sites is 1. The molecule has 1 aliphatic heterocycles. The molecule has 32 heavy (non-hydrogen) atoms. The molecule has 0 aliphatic carbocycles. The Bertz CT molecular complexity index is 1310. The molecule has 1 heterocycles. The molecule has 0 bridgehead atoms. The predicted octanol–water partition coefficient (Wildman–Crippen LogP) is 4.13. The summed E-state index contributed by atoms with van der Waals surface area (Å²) in [6.07, 6.45) is 1.16. The minimum absolute atomic E-state index is 0.0134. The summed E-state index contributed by atoms with van der Waals surface area (Å²) in [5, 5.41) is 13.8. The van der Waals surface area contributed by atoms with Gasteiger partial charge in [0.1, 0.15) is 11.4 Å². The van der Waals surface area contributed by atoms with Crippen LogP contribution in [0.25, 0.3) is 0 Å². The molecule has 0 unspecified atom stereocenters. The first-order valence-electron chi connectivity index (χ1n) is 9.73. The number of amides is 1. The smallest absolute Gasteiger partial charge is 0.282 e. The summed E-state index contributed by atoms with van der Waals surface area (Å²) in [6, 6.07) is 15.1. The van der Waals surface area contributed by atoms with Crippen LogP contribution < -0.4 is 9.62 Å². The van der Waals surface area contributed by atoms with Crippen molar-refractivity contribution in [3.8, 4) is 0 Å². The van der Waals surface area contributed by atoms with Gasteiger partial charge in [-0.25, -0.2) is 12.8 Å². The fourth-order valence-corrected chi connectivity index (χ4v) is 5.19. The summed E-state index contributed by atoms with van der Waals surface area (Å²) in [4.78, 5) is 23.1. The van der Waals surface area contributed by atoms with Gasteiger partial charge in [0.2, 0.25) is 0 Å². The molecule has 164 valence electrons. The molecule has 1 N–H and O–H groups in total. The van der Waals surface area contributed by atoms with Crippen molar-refractivity contribution < 1.29 is 22.5 Å². The lowest BCUT2D eigenvalue weighted by molar-refractivity contribution is -0.385. The van der Waals surface area contributed by atoms with Gasteiger partial charge in [0.05, 0.1) is 15.5 Å². The van der Waals surface area contributed by atoms with E-state index < -0.39 is 26.7 Å². The zero-order valence-corrected chi connectivity index (χ0v) is 17.5. The number of rotatable bonds is 5. The van der Waals surface area contributed by atoms with E-state index >= 15 is 0 Å². The Morgan fingerprint density at radius 2 is 1.78 bits per heavy atom. The number of hydrogen-bond donors (Lipinski definition) is 1. The minimum atomic E-state index is -3.88. The standard InChI is InChI=1S/C22H18FN3O5S/c23-16-7-10-18(11-8-16)32(30,31)25-13-3-4-15-14-17(9-12-20(15)25)24-22(27)19-5-1-2-6-21(19)26(28)29/h1-2,5-12,14H,3-4,13H2,(H,24,27). The maximum absolute atomic E-state index is 13.2. The van der Waals surface area contributed by atoms with Gasteiger partial charge in [-0.2, -0.15) is 0 Å². The quantitative estimate of drug-likeness (QED) is 0.460. The molecule has 0 aromatic heterocycles. The highest BCUT2D eigenvalue weighted by atomic mass is 32.2. The highest BCUT2D eigenvalue weighted by Gasteiger charge is 2.29. The highest BCUT2D eigenvalue weighted by molar-refractivity contribution is 7.92. The number of nitrogens with zero attached hydrogens (tertiary/aromatic N) is 2. The fourth-order valence-electron chi connectivity index (χ4n) is 3.65. The van der Waals surface area contributed by atoms with E-state index in [9.17, 15) is 27.7 Å². The molecular formula is C22H18FN3O5S. The van der Waals surface area contributed by atoms with E-state index in [0.717, 1.165) is 12.1 Å². The number of nitrogens with one attached hydrogen (secondary N) is 1. The van der Waals surface area contributed by atoms with Gasteiger partial charge >= 0.3 is 0 Å².